The van der Waals surface area contributed by atoms with E-state index < -0.39 is 12.6 Å². The number of hydrogen-bond acceptors (Lipinski definition) is 3. The van der Waals surface area contributed by atoms with Crippen LogP contribution in [-0.2, 0) is 4.74 Å². The largest absolute Gasteiger partial charge is 0.389 e. The van der Waals surface area contributed by atoms with Crippen molar-refractivity contribution in [1.82, 2.24) is 5.43 Å². The van der Waals surface area contributed by atoms with Gasteiger partial charge in [0, 0.05) is 19.6 Å². The van der Waals surface area contributed by atoms with Gasteiger partial charge in [0.25, 0.3) is 0 Å². The Kier molecular flexibility index (Phi) is 6.06. The maximum atomic E-state index is 11.9. The van der Waals surface area contributed by atoms with Crippen LogP contribution in [0.2, 0.25) is 0 Å². The SMILES string of the molecule is COC(C)CC(CCC(F)(F)F)NN. The third-order valence-corrected chi connectivity index (χ3v) is 2.03. The highest BCUT2D eigenvalue weighted by molar-refractivity contribution is 4.69. The zero-order chi connectivity index (χ0) is 11.2. The van der Waals surface area contributed by atoms with Gasteiger partial charge < -0.3 is 4.74 Å². The topological polar surface area (TPSA) is 47.3 Å². The predicted molar refractivity (Wildman–Crippen MR) is 47.5 cm³/mol. The number of hydrazine groups is 1. The fourth-order valence-corrected chi connectivity index (χ4v) is 1.10. The van der Waals surface area contributed by atoms with Gasteiger partial charge in [0.2, 0.25) is 0 Å². The standard InChI is InChI=1S/C8H17F3N2O/c1-6(14-2)5-7(13-12)3-4-8(9,10)11/h6-7,13H,3-5,12H2,1-2H3. The quantitative estimate of drug-likeness (QED) is 0.521. The summed E-state index contributed by atoms with van der Waals surface area (Å²) in [5, 5.41) is 0. The molecular weight excluding hydrogens is 197 g/mol. The molecule has 0 aromatic rings. The van der Waals surface area contributed by atoms with Crippen molar-refractivity contribution >= 4 is 0 Å². The molecule has 2 atom stereocenters. The van der Waals surface area contributed by atoms with Crippen molar-refractivity contribution < 1.29 is 17.9 Å². The zero-order valence-corrected chi connectivity index (χ0v) is 8.40. The average molecular weight is 214 g/mol. The van der Waals surface area contributed by atoms with Crippen molar-refractivity contribution in [2.24, 2.45) is 5.84 Å². The van der Waals surface area contributed by atoms with Crippen LogP contribution in [0.5, 0.6) is 0 Å². The lowest BCUT2D eigenvalue weighted by molar-refractivity contribution is -0.137. The number of alkyl halides is 3. The first-order valence-corrected chi connectivity index (χ1v) is 4.44. The summed E-state index contributed by atoms with van der Waals surface area (Å²) in [6.07, 6.45) is -4.58. The molecule has 0 aliphatic carbocycles. The van der Waals surface area contributed by atoms with Crippen LogP contribution in [0.3, 0.4) is 0 Å². The monoisotopic (exact) mass is 214 g/mol. The van der Waals surface area contributed by atoms with Crippen molar-refractivity contribution in [3.8, 4) is 0 Å². The van der Waals surface area contributed by atoms with Crippen LogP contribution in [0.4, 0.5) is 13.2 Å². The normalized spacial score (nSPS) is 16.7. The number of halogens is 3. The van der Waals surface area contributed by atoms with Gasteiger partial charge in [-0.25, -0.2) is 0 Å². The molecule has 6 heteroatoms. The minimum absolute atomic E-state index is 0.0201. The van der Waals surface area contributed by atoms with Gasteiger partial charge in [0.1, 0.15) is 0 Å². The molecular formula is C8H17F3N2O. The second-order valence-corrected chi connectivity index (χ2v) is 3.30. The Morgan fingerprint density at radius 2 is 2.00 bits per heavy atom. The molecule has 0 amide bonds. The van der Waals surface area contributed by atoms with Crippen LogP contribution < -0.4 is 11.3 Å². The Balaban J connectivity index is 3.80. The Morgan fingerprint density at radius 1 is 1.43 bits per heavy atom. The summed E-state index contributed by atoms with van der Waals surface area (Å²) >= 11 is 0. The molecule has 2 unspecified atom stereocenters. The molecule has 86 valence electrons. The Bertz CT molecular complexity index is 152. The first-order chi connectivity index (χ1) is 6.39. The lowest BCUT2D eigenvalue weighted by Crippen LogP contribution is -2.38. The van der Waals surface area contributed by atoms with Crippen LogP contribution in [-0.4, -0.2) is 25.4 Å². The molecule has 0 fully saturated rings. The minimum atomic E-state index is -4.12. The molecule has 0 aliphatic heterocycles. The van der Waals surface area contributed by atoms with E-state index in [4.69, 9.17) is 10.6 Å². The van der Waals surface area contributed by atoms with Gasteiger partial charge >= 0.3 is 6.18 Å². The van der Waals surface area contributed by atoms with Crippen molar-refractivity contribution in [1.29, 1.82) is 0 Å². The molecule has 0 saturated carbocycles. The van der Waals surface area contributed by atoms with E-state index in [1.807, 2.05) is 0 Å². The maximum Gasteiger partial charge on any atom is 0.389 e. The van der Waals surface area contributed by atoms with E-state index in [1.54, 1.807) is 6.92 Å². The molecule has 0 aliphatic rings. The zero-order valence-electron chi connectivity index (χ0n) is 8.40. The number of ether oxygens (including phenoxy) is 1. The van der Waals surface area contributed by atoms with E-state index in [0.29, 0.717) is 6.42 Å². The van der Waals surface area contributed by atoms with E-state index in [9.17, 15) is 13.2 Å². The van der Waals surface area contributed by atoms with Gasteiger partial charge in [-0.15, -0.1) is 0 Å². The maximum absolute atomic E-state index is 11.9. The highest BCUT2D eigenvalue weighted by atomic mass is 19.4. The number of hydrogen-bond donors (Lipinski definition) is 2. The highest BCUT2D eigenvalue weighted by Crippen LogP contribution is 2.23. The highest BCUT2D eigenvalue weighted by Gasteiger charge is 2.28. The molecule has 0 saturated heterocycles. The lowest BCUT2D eigenvalue weighted by atomic mass is 10.1. The fourth-order valence-electron chi connectivity index (χ4n) is 1.10. The minimum Gasteiger partial charge on any atom is -0.382 e. The van der Waals surface area contributed by atoms with E-state index in [1.165, 1.54) is 7.11 Å². The summed E-state index contributed by atoms with van der Waals surface area (Å²) < 4.78 is 40.6. The van der Waals surface area contributed by atoms with Gasteiger partial charge in [-0.05, 0) is 19.8 Å². The molecule has 0 spiro atoms. The van der Waals surface area contributed by atoms with Crippen LogP contribution in [0, 0.1) is 0 Å². The summed E-state index contributed by atoms with van der Waals surface area (Å²) in [6, 6.07) is -0.355. The molecule has 0 heterocycles. The summed E-state index contributed by atoms with van der Waals surface area (Å²) in [5.41, 5.74) is 2.36. The van der Waals surface area contributed by atoms with Gasteiger partial charge in [-0.3, -0.25) is 11.3 Å². The van der Waals surface area contributed by atoms with Crippen LogP contribution in [0.25, 0.3) is 0 Å². The molecule has 0 rings (SSSR count). The number of rotatable bonds is 6. The lowest BCUT2D eigenvalue weighted by Gasteiger charge is -2.19. The summed E-state index contributed by atoms with van der Waals surface area (Å²) in [6.45, 7) is 1.79. The van der Waals surface area contributed by atoms with E-state index in [2.05, 4.69) is 5.43 Å². The number of nitrogens with one attached hydrogen (secondary N) is 1. The van der Waals surface area contributed by atoms with E-state index in [0.717, 1.165) is 0 Å². The summed E-state index contributed by atoms with van der Waals surface area (Å²) in [4.78, 5) is 0. The van der Waals surface area contributed by atoms with Gasteiger partial charge in [0.05, 0.1) is 6.10 Å². The third kappa shape index (κ3) is 7.11. The molecule has 0 aromatic carbocycles. The predicted octanol–water partition coefficient (Wildman–Crippen LogP) is 1.59. The van der Waals surface area contributed by atoms with Crippen LogP contribution >= 0.6 is 0 Å². The third-order valence-electron chi connectivity index (χ3n) is 2.03. The number of nitrogens with two attached hydrogens (primary N) is 1. The van der Waals surface area contributed by atoms with Gasteiger partial charge in [0.15, 0.2) is 0 Å². The van der Waals surface area contributed by atoms with Gasteiger partial charge in [-0.1, -0.05) is 0 Å². The summed E-state index contributed by atoms with van der Waals surface area (Å²) in [5.74, 6) is 5.13. The molecule has 0 aromatic heterocycles. The summed E-state index contributed by atoms with van der Waals surface area (Å²) in [7, 11) is 1.52. The Morgan fingerprint density at radius 3 is 2.36 bits per heavy atom. The Hall–Kier alpha value is -0.330. The molecule has 3 nitrogen and oxygen atoms in total. The molecule has 3 N–H and O–H groups in total. The number of methoxy groups -OCH3 is 1. The van der Waals surface area contributed by atoms with Crippen molar-refractivity contribution in [2.75, 3.05) is 7.11 Å². The van der Waals surface area contributed by atoms with Crippen LogP contribution in [0.1, 0.15) is 26.2 Å². The fraction of sp³-hybridized carbons (Fsp3) is 1.00. The van der Waals surface area contributed by atoms with Gasteiger partial charge in [-0.2, -0.15) is 13.2 Å². The second kappa shape index (κ2) is 6.21. The van der Waals surface area contributed by atoms with Crippen LogP contribution in [0.15, 0.2) is 0 Å². The second-order valence-electron chi connectivity index (χ2n) is 3.30. The Labute approximate surface area is 81.8 Å². The molecule has 0 bridgehead atoms. The van der Waals surface area contributed by atoms with Crippen molar-refractivity contribution in [2.45, 2.75) is 44.5 Å². The molecule has 14 heavy (non-hydrogen) atoms. The smallest absolute Gasteiger partial charge is 0.382 e. The molecule has 0 radical (unpaired) electrons. The average Bonchev–Trinajstić information content (AvgIpc) is 2.10. The first kappa shape index (κ1) is 13.7. The van der Waals surface area contributed by atoms with E-state index in [-0.39, 0.29) is 18.6 Å². The first-order valence-electron chi connectivity index (χ1n) is 4.44. The van der Waals surface area contributed by atoms with Crippen molar-refractivity contribution in [3.63, 3.8) is 0 Å². The van der Waals surface area contributed by atoms with Crippen molar-refractivity contribution in [3.05, 3.63) is 0 Å². The van der Waals surface area contributed by atoms with E-state index >= 15 is 0 Å².